The highest BCUT2D eigenvalue weighted by atomic mass is 16.5. The summed E-state index contributed by atoms with van der Waals surface area (Å²) in [6.45, 7) is 4.21. The molecule has 0 bridgehead atoms. The Kier molecular flexibility index (Phi) is 3.64. The zero-order chi connectivity index (χ0) is 14.0. The van der Waals surface area contributed by atoms with E-state index in [9.17, 15) is 0 Å². The lowest BCUT2D eigenvalue weighted by Crippen LogP contribution is -1.99. The van der Waals surface area contributed by atoms with Gasteiger partial charge in [-0.2, -0.15) is 0 Å². The minimum atomic E-state index is 0.273. The van der Waals surface area contributed by atoms with Crippen molar-refractivity contribution in [2.75, 3.05) is 20.0 Å². The third kappa shape index (κ3) is 2.36. The van der Waals surface area contributed by atoms with Gasteiger partial charge in [-0.05, 0) is 17.5 Å². The predicted octanol–water partition coefficient (Wildman–Crippen LogP) is 3.06. The highest BCUT2D eigenvalue weighted by molar-refractivity contribution is 5.76. The molecule has 0 aliphatic heterocycles. The molecule has 1 aromatic carbocycles. The van der Waals surface area contributed by atoms with Crippen LogP contribution in [0.2, 0.25) is 0 Å². The highest BCUT2D eigenvalue weighted by Gasteiger charge is 2.21. The van der Waals surface area contributed by atoms with Gasteiger partial charge in [0.15, 0.2) is 11.5 Å². The van der Waals surface area contributed by atoms with Crippen LogP contribution in [0.25, 0.3) is 11.3 Å². The normalized spacial score (nSPS) is 10.8. The summed E-state index contributed by atoms with van der Waals surface area (Å²) < 4.78 is 15.8. The van der Waals surface area contributed by atoms with E-state index in [1.54, 1.807) is 20.3 Å². The second kappa shape index (κ2) is 5.22. The van der Waals surface area contributed by atoms with E-state index >= 15 is 0 Å². The number of rotatable bonds is 4. The van der Waals surface area contributed by atoms with Gasteiger partial charge in [0, 0.05) is 6.07 Å². The highest BCUT2D eigenvalue weighted by Crippen LogP contribution is 2.42. The number of aromatic nitrogens is 1. The lowest BCUT2D eigenvalue weighted by molar-refractivity contribution is 0.355. The Bertz CT molecular complexity index is 576. The summed E-state index contributed by atoms with van der Waals surface area (Å²) in [4.78, 5) is 0. The lowest BCUT2D eigenvalue weighted by atomic mass is 9.94. The average molecular weight is 262 g/mol. The molecule has 102 valence electrons. The van der Waals surface area contributed by atoms with Crippen molar-refractivity contribution in [3.8, 4) is 22.8 Å². The molecule has 0 fully saturated rings. The van der Waals surface area contributed by atoms with Crippen LogP contribution in [0.3, 0.4) is 0 Å². The van der Waals surface area contributed by atoms with Gasteiger partial charge >= 0.3 is 0 Å². The van der Waals surface area contributed by atoms with Gasteiger partial charge in [0.25, 0.3) is 0 Å². The van der Waals surface area contributed by atoms with Gasteiger partial charge < -0.3 is 19.7 Å². The first-order valence-corrected chi connectivity index (χ1v) is 6.06. The van der Waals surface area contributed by atoms with Gasteiger partial charge in [-0.3, -0.25) is 0 Å². The molecule has 1 heterocycles. The van der Waals surface area contributed by atoms with E-state index < -0.39 is 0 Å². The van der Waals surface area contributed by atoms with Crippen molar-refractivity contribution in [1.82, 2.24) is 5.16 Å². The second-order valence-corrected chi connectivity index (χ2v) is 4.53. The number of anilines is 1. The lowest BCUT2D eigenvalue weighted by Gasteiger charge is -2.17. The Labute approximate surface area is 112 Å². The van der Waals surface area contributed by atoms with Crippen molar-refractivity contribution >= 4 is 5.88 Å². The number of methoxy groups -OCH3 is 2. The minimum Gasteiger partial charge on any atom is -0.493 e. The zero-order valence-electron chi connectivity index (χ0n) is 11.6. The molecule has 0 radical (unpaired) electrons. The van der Waals surface area contributed by atoms with Crippen LogP contribution in [-0.4, -0.2) is 19.4 Å². The second-order valence-electron chi connectivity index (χ2n) is 4.53. The number of nitrogens with two attached hydrogens (primary N) is 1. The topological polar surface area (TPSA) is 70.5 Å². The number of nitrogens with zero attached hydrogens (tertiary/aromatic N) is 1. The molecular weight excluding hydrogens is 244 g/mol. The van der Waals surface area contributed by atoms with Crippen molar-refractivity contribution < 1.29 is 14.0 Å². The quantitative estimate of drug-likeness (QED) is 0.916. The first kappa shape index (κ1) is 13.3. The average Bonchev–Trinajstić information content (AvgIpc) is 2.82. The monoisotopic (exact) mass is 262 g/mol. The number of ether oxygens (including phenoxy) is 2. The Morgan fingerprint density at radius 2 is 1.95 bits per heavy atom. The fraction of sp³-hybridized carbons (Fsp3) is 0.357. The Morgan fingerprint density at radius 3 is 2.42 bits per heavy atom. The van der Waals surface area contributed by atoms with E-state index in [-0.39, 0.29) is 5.88 Å². The van der Waals surface area contributed by atoms with Crippen LogP contribution in [0.5, 0.6) is 11.5 Å². The molecule has 5 heteroatoms. The molecule has 19 heavy (non-hydrogen) atoms. The van der Waals surface area contributed by atoms with Gasteiger partial charge in [0.2, 0.25) is 5.88 Å². The number of nitrogen functional groups attached to an aromatic ring is 1. The van der Waals surface area contributed by atoms with Crippen LogP contribution >= 0.6 is 0 Å². The molecule has 2 aromatic rings. The van der Waals surface area contributed by atoms with Crippen LogP contribution in [-0.2, 0) is 0 Å². The van der Waals surface area contributed by atoms with Crippen molar-refractivity contribution in [3.63, 3.8) is 0 Å². The van der Waals surface area contributed by atoms with Gasteiger partial charge in [0.05, 0.1) is 19.8 Å². The summed E-state index contributed by atoms with van der Waals surface area (Å²) in [5.74, 6) is 1.88. The van der Waals surface area contributed by atoms with Crippen LogP contribution in [0, 0.1) is 0 Å². The standard InChI is InChI=1S/C14H18N2O3/c1-8(2)9-5-6-11(17-3)14(18-4)13(9)10-7-12(15)19-16-10/h5-8H,15H2,1-4H3. The van der Waals surface area contributed by atoms with Crippen molar-refractivity contribution in [2.24, 2.45) is 0 Å². The van der Waals surface area contributed by atoms with E-state index in [0.29, 0.717) is 23.1 Å². The molecule has 0 spiro atoms. The summed E-state index contributed by atoms with van der Waals surface area (Å²) in [5, 5.41) is 3.98. The smallest absolute Gasteiger partial charge is 0.222 e. The molecule has 0 unspecified atom stereocenters. The maximum absolute atomic E-state index is 5.60. The van der Waals surface area contributed by atoms with Crippen molar-refractivity contribution in [2.45, 2.75) is 19.8 Å². The molecule has 5 nitrogen and oxygen atoms in total. The Hall–Kier alpha value is -2.17. The van der Waals surface area contributed by atoms with Crippen LogP contribution < -0.4 is 15.2 Å². The van der Waals surface area contributed by atoms with E-state index in [0.717, 1.165) is 11.1 Å². The van der Waals surface area contributed by atoms with E-state index in [1.165, 1.54) is 0 Å². The predicted molar refractivity (Wildman–Crippen MR) is 73.5 cm³/mol. The SMILES string of the molecule is COc1ccc(C(C)C)c(-c2cc(N)on2)c1OC. The number of benzene rings is 1. The number of hydrogen-bond donors (Lipinski definition) is 1. The first-order valence-electron chi connectivity index (χ1n) is 6.06. The third-order valence-corrected chi connectivity index (χ3v) is 2.98. The largest absolute Gasteiger partial charge is 0.493 e. The maximum atomic E-state index is 5.60. The molecule has 2 rings (SSSR count). The maximum Gasteiger partial charge on any atom is 0.222 e. The minimum absolute atomic E-state index is 0.273. The summed E-state index contributed by atoms with van der Waals surface area (Å²) >= 11 is 0. The fourth-order valence-electron chi connectivity index (χ4n) is 2.09. The van der Waals surface area contributed by atoms with E-state index in [2.05, 4.69) is 19.0 Å². The molecular formula is C14H18N2O3. The molecule has 0 saturated heterocycles. The van der Waals surface area contributed by atoms with Gasteiger partial charge in [-0.15, -0.1) is 0 Å². The van der Waals surface area contributed by atoms with Crippen LogP contribution in [0.15, 0.2) is 22.7 Å². The van der Waals surface area contributed by atoms with Gasteiger partial charge in [-0.1, -0.05) is 25.1 Å². The summed E-state index contributed by atoms with van der Waals surface area (Å²) in [7, 11) is 3.21. The molecule has 0 aliphatic carbocycles. The molecule has 0 saturated carbocycles. The van der Waals surface area contributed by atoms with E-state index in [1.807, 2.05) is 12.1 Å². The van der Waals surface area contributed by atoms with Gasteiger partial charge in [0.1, 0.15) is 5.69 Å². The summed E-state index contributed by atoms with van der Waals surface area (Å²) in [6, 6.07) is 5.58. The van der Waals surface area contributed by atoms with Crippen molar-refractivity contribution in [3.05, 3.63) is 23.8 Å². The fourth-order valence-corrected chi connectivity index (χ4v) is 2.09. The van der Waals surface area contributed by atoms with Crippen molar-refractivity contribution in [1.29, 1.82) is 0 Å². The van der Waals surface area contributed by atoms with E-state index in [4.69, 9.17) is 19.7 Å². The molecule has 1 aromatic heterocycles. The third-order valence-electron chi connectivity index (χ3n) is 2.98. The molecule has 0 aliphatic rings. The summed E-state index contributed by atoms with van der Waals surface area (Å²) in [5.41, 5.74) is 8.21. The zero-order valence-corrected chi connectivity index (χ0v) is 11.6. The summed E-state index contributed by atoms with van der Waals surface area (Å²) in [6.07, 6.45) is 0. The Morgan fingerprint density at radius 1 is 1.21 bits per heavy atom. The van der Waals surface area contributed by atoms with Crippen LogP contribution in [0.1, 0.15) is 25.3 Å². The van der Waals surface area contributed by atoms with Crippen LogP contribution in [0.4, 0.5) is 5.88 Å². The molecule has 2 N–H and O–H groups in total. The van der Waals surface area contributed by atoms with Gasteiger partial charge in [-0.25, -0.2) is 0 Å². The number of hydrogen-bond acceptors (Lipinski definition) is 5. The Balaban J connectivity index is 2.72. The molecule has 0 atom stereocenters. The molecule has 0 amide bonds. The first-order chi connectivity index (χ1) is 9.08.